The van der Waals surface area contributed by atoms with Crippen LogP contribution in [0.15, 0.2) is 22.8 Å². The summed E-state index contributed by atoms with van der Waals surface area (Å²) in [7, 11) is 0. The van der Waals surface area contributed by atoms with Gasteiger partial charge in [0.25, 0.3) is 0 Å². The molecule has 2 rings (SSSR count). The van der Waals surface area contributed by atoms with Crippen LogP contribution in [0.4, 0.5) is 0 Å². The number of hydrogen-bond acceptors (Lipinski definition) is 6. The molecule has 0 saturated carbocycles. The highest BCUT2D eigenvalue weighted by Crippen LogP contribution is 2.06. The van der Waals surface area contributed by atoms with Gasteiger partial charge in [-0.05, 0) is 18.7 Å². The Kier molecular flexibility index (Phi) is 7.27. The number of rotatable bonds is 4. The largest absolute Gasteiger partial charge is 0.473 e. The summed E-state index contributed by atoms with van der Waals surface area (Å²) in [6.07, 6.45) is 1.54. The molecule has 0 radical (unpaired) electrons. The fourth-order valence-corrected chi connectivity index (χ4v) is 1.98. The quantitative estimate of drug-likeness (QED) is 0.601. The van der Waals surface area contributed by atoms with E-state index in [2.05, 4.69) is 16.7 Å². The minimum atomic E-state index is -1.82. The van der Waals surface area contributed by atoms with Crippen molar-refractivity contribution in [2.75, 3.05) is 39.3 Å². The van der Waals surface area contributed by atoms with Gasteiger partial charge in [0.1, 0.15) is 0 Å². The van der Waals surface area contributed by atoms with Crippen LogP contribution in [0.5, 0.6) is 0 Å². The molecule has 1 aliphatic heterocycles. The van der Waals surface area contributed by atoms with Crippen LogP contribution in [0, 0.1) is 0 Å². The second-order valence-electron chi connectivity index (χ2n) is 4.72. The Bertz CT molecular complexity index is 479. The summed E-state index contributed by atoms with van der Waals surface area (Å²) in [5.74, 6) is -3.10. The molecule has 8 heteroatoms. The van der Waals surface area contributed by atoms with Crippen molar-refractivity contribution < 1.29 is 29.0 Å². The molecule has 2 heterocycles. The van der Waals surface area contributed by atoms with Crippen molar-refractivity contribution in [3.8, 4) is 0 Å². The van der Waals surface area contributed by atoms with Crippen LogP contribution in [0.25, 0.3) is 0 Å². The highest BCUT2D eigenvalue weighted by Gasteiger charge is 2.19. The minimum Gasteiger partial charge on any atom is -0.473 e. The van der Waals surface area contributed by atoms with E-state index in [4.69, 9.17) is 24.2 Å². The maximum absolute atomic E-state index is 11.8. The predicted octanol–water partition coefficient (Wildman–Crippen LogP) is 0.255. The van der Waals surface area contributed by atoms with Gasteiger partial charge in [0, 0.05) is 26.2 Å². The van der Waals surface area contributed by atoms with Gasteiger partial charge in [-0.1, -0.05) is 6.92 Å². The first-order valence-corrected chi connectivity index (χ1v) is 6.91. The topological polar surface area (TPSA) is 111 Å². The molecule has 0 aromatic carbocycles. The van der Waals surface area contributed by atoms with E-state index < -0.39 is 11.9 Å². The van der Waals surface area contributed by atoms with E-state index in [1.54, 1.807) is 18.4 Å². The van der Waals surface area contributed by atoms with Gasteiger partial charge in [-0.3, -0.25) is 9.69 Å². The number of nitrogens with zero attached hydrogens (tertiary/aromatic N) is 2. The molecule has 1 aromatic rings. The summed E-state index contributed by atoms with van der Waals surface area (Å²) in [4.78, 5) is 34.6. The molecule has 1 aliphatic rings. The molecular weight excluding hydrogens is 292 g/mol. The van der Waals surface area contributed by atoms with E-state index >= 15 is 0 Å². The number of Topliss-reactive ketones (excluding diaryl/α,β-unsaturated/α-hetero) is 1. The van der Waals surface area contributed by atoms with E-state index in [0.717, 1.165) is 32.7 Å². The maximum atomic E-state index is 11.8. The van der Waals surface area contributed by atoms with Gasteiger partial charge in [-0.25, -0.2) is 9.59 Å². The molecule has 0 aliphatic carbocycles. The molecule has 0 bridgehead atoms. The van der Waals surface area contributed by atoms with Gasteiger partial charge in [-0.15, -0.1) is 0 Å². The number of carbonyl (C=O) groups excluding carboxylic acids is 1. The fraction of sp³-hybridized carbons (Fsp3) is 0.500. The molecule has 1 aromatic heterocycles. The third-order valence-corrected chi connectivity index (χ3v) is 3.26. The van der Waals surface area contributed by atoms with E-state index in [0.29, 0.717) is 12.3 Å². The predicted molar refractivity (Wildman–Crippen MR) is 76.9 cm³/mol. The van der Waals surface area contributed by atoms with Crippen molar-refractivity contribution in [1.29, 1.82) is 0 Å². The molecule has 0 amide bonds. The number of carbonyl (C=O) groups is 3. The van der Waals surface area contributed by atoms with E-state index in [1.807, 2.05) is 0 Å². The summed E-state index contributed by atoms with van der Waals surface area (Å²) in [5, 5.41) is 14.8. The van der Waals surface area contributed by atoms with Crippen LogP contribution in [0.1, 0.15) is 17.5 Å². The molecular formula is C14H20N2O6. The summed E-state index contributed by atoms with van der Waals surface area (Å²) >= 11 is 0. The van der Waals surface area contributed by atoms with Crippen LogP contribution in [0.2, 0.25) is 0 Å². The number of likely N-dealkylation sites (N-methyl/N-ethyl adjacent to an activating group) is 1. The highest BCUT2D eigenvalue weighted by atomic mass is 16.4. The van der Waals surface area contributed by atoms with Gasteiger partial charge >= 0.3 is 11.9 Å². The first-order valence-electron chi connectivity index (χ1n) is 6.91. The minimum absolute atomic E-state index is 0.0787. The molecule has 0 atom stereocenters. The first kappa shape index (κ1) is 17.9. The lowest BCUT2D eigenvalue weighted by molar-refractivity contribution is -0.159. The van der Waals surface area contributed by atoms with E-state index in [-0.39, 0.29) is 5.78 Å². The molecule has 22 heavy (non-hydrogen) atoms. The average molecular weight is 312 g/mol. The van der Waals surface area contributed by atoms with Crippen LogP contribution in [0.3, 0.4) is 0 Å². The monoisotopic (exact) mass is 312 g/mol. The lowest BCUT2D eigenvalue weighted by atomic mass is 10.2. The van der Waals surface area contributed by atoms with E-state index in [1.165, 1.54) is 0 Å². The Morgan fingerprint density at radius 3 is 2.05 bits per heavy atom. The second-order valence-corrected chi connectivity index (χ2v) is 4.72. The molecule has 8 nitrogen and oxygen atoms in total. The molecule has 0 unspecified atom stereocenters. The zero-order chi connectivity index (χ0) is 16.5. The zero-order valence-corrected chi connectivity index (χ0v) is 12.4. The highest BCUT2D eigenvalue weighted by molar-refractivity contribution is 6.27. The lowest BCUT2D eigenvalue weighted by Gasteiger charge is -2.33. The van der Waals surface area contributed by atoms with Crippen molar-refractivity contribution in [3.63, 3.8) is 0 Å². The van der Waals surface area contributed by atoms with Gasteiger partial charge in [0.15, 0.2) is 5.76 Å². The fourth-order valence-electron chi connectivity index (χ4n) is 1.98. The second kappa shape index (κ2) is 8.96. The summed E-state index contributed by atoms with van der Waals surface area (Å²) in [5.41, 5.74) is 0. The van der Waals surface area contributed by atoms with Crippen LogP contribution in [-0.2, 0) is 9.59 Å². The van der Waals surface area contributed by atoms with Gasteiger partial charge in [0.2, 0.25) is 5.78 Å². The first-order chi connectivity index (χ1) is 10.4. The number of hydrogen-bond donors (Lipinski definition) is 2. The third kappa shape index (κ3) is 6.06. The average Bonchev–Trinajstić information content (AvgIpc) is 3.03. The Labute approximate surface area is 127 Å². The zero-order valence-electron chi connectivity index (χ0n) is 12.4. The Hall–Kier alpha value is -2.19. The van der Waals surface area contributed by atoms with E-state index in [9.17, 15) is 4.79 Å². The number of carboxylic acids is 2. The van der Waals surface area contributed by atoms with Crippen molar-refractivity contribution >= 4 is 17.7 Å². The van der Waals surface area contributed by atoms with Crippen LogP contribution >= 0.6 is 0 Å². The Morgan fingerprint density at radius 1 is 1.09 bits per heavy atom. The third-order valence-electron chi connectivity index (χ3n) is 3.26. The lowest BCUT2D eigenvalue weighted by Crippen LogP contribution is -2.47. The summed E-state index contributed by atoms with van der Waals surface area (Å²) in [6.45, 7) is 7.80. The van der Waals surface area contributed by atoms with Crippen molar-refractivity contribution in [1.82, 2.24) is 9.80 Å². The van der Waals surface area contributed by atoms with Crippen molar-refractivity contribution in [3.05, 3.63) is 24.2 Å². The molecule has 0 spiro atoms. The van der Waals surface area contributed by atoms with Gasteiger partial charge in [-0.2, -0.15) is 0 Å². The smallest absolute Gasteiger partial charge is 0.414 e. The molecule has 1 fully saturated rings. The van der Waals surface area contributed by atoms with Crippen molar-refractivity contribution in [2.45, 2.75) is 6.92 Å². The molecule has 2 N–H and O–H groups in total. The normalized spacial score (nSPS) is 15.7. The number of ketones is 1. The Balaban J connectivity index is 0.000000346. The number of aliphatic carboxylic acids is 2. The summed E-state index contributed by atoms with van der Waals surface area (Å²) in [6, 6.07) is 3.48. The standard InChI is InChI=1S/C12H18N2O2.C2H2O4/c1-2-13-5-7-14(8-6-13)10-11(15)12-4-3-9-16-12;3-1(4)2(5)6/h3-4,9H,2,5-8,10H2,1H3;(H,3,4)(H,5,6). The maximum Gasteiger partial charge on any atom is 0.414 e. The van der Waals surface area contributed by atoms with Crippen LogP contribution < -0.4 is 0 Å². The van der Waals surface area contributed by atoms with Crippen LogP contribution in [-0.4, -0.2) is 77.0 Å². The Morgan fingerprint density at radius 2 is 1.64 bits per heavy atom. The van der Waals surface area contributed by atoms with Gasteiger partial charge < -0.3 is 19.5 Å². The number of furan rings is 1. The number of piperazine rings is 1. The summed E-state index contributed by atoms with van der Waals surface area (Å²) < 4.78 is 5.09. The van der Waals surface area contributed by atoms with Crippen molar-refractivity contribution in [2.24, 2.45) is 0 Å². The molecule has 122 valence electrons. The van der Waals surface area contributed by atoms with Gasteiger partial charge in [0.05, 0.1) is 12.8 Å². The molecule has 1 saturated heterocycles. The number of carboxylic acid groups (broad SMARTS) is 2. The SMILES string of the molecule is CCN1CCN(CC(=O)c2ccco2)CC1.O=C(O)C(=O)O.